The molecule has 6 unspecified atom stereocenters. The molecule has 3 fully saturated rings. The van der Waals surface area contributed by atoms with Gasteiger partial charge in [-0.2, -0.15) is 9.91 Å². The first kappa shape index (κ1) is 32.3. The third kappa shape index (κ3) is 4.79. The lowest BCUT2D eigenvalue weighted by molar-refractivity contribution is -0.140. The van der Waals surface area contributed by atoms with Crippen molar-refractivity contribution in [3.05, 3.63) is 100 Å². The number of anilines is 1. The fraction of sp³-hybridized carbons (Fsp3) is 0.306. The molecule has 0 spiro atoms. The number of imide groups is 4. The van der Waals surface area contributed by atoms with Crippen molar-refractivity contribution in [3.63, 3.8) is 0 Å². The molecule has 252 valence electrons. The van der Waals surface area contributed by atoms with Crippen molar-refractivity contribution in [3.8, 4) is 11.5 Å². The molecule has 49 heavy (non-hydrogen) atoms. The van der Waals surface area contributed by atoms with Crippen molar-refractivity contribution in [2.75, 3.05) is 19.1 Å². The van der Waals surface area contributed by atoms with Gasteiger partial charge in [-0.1, -0.05) is 41.4 Å². The number of aromatic hydroxyl groups is 1. The second-order valence-electron chi connectivity index (χ2n) is 12.5. The molecule has 7 rings (SSSR count). The van der Waals surface area contributed by atoms with E-state index in [4.69, 9.17) is 21.1 Å². The predicted octanol–water partition coefficient (Wildman–Crippen LogP) is 5.33. The third-order valence-corrected chi connectivity index (χ3v) is 10.5. The van der Waals surface area contributed by atoms with Gasteiger partial charge >= 0.3 is 6.09 Å². The van der Waals surface area contributed by atoms with Gasteiger partial charge in [0.2, 0.25) is 11.8 Å². The minimum Gasteiger partial charge on any atom is -0.504 e. The minimum atomic E-state index is -1.61. The molecule has 0 aromatic heterocycles. The highest BCUT2D eigenvalue weighted by Gasteiger charge is 2.70. The molecule has 2 N–H and O–H groups in total. The van der Waals surface area contributed by atoms with Crippen LogP contribution in [0.15, 0.2) is 78.4 Å². The fourth-order valence-electron chi connectivity index (χ4n) is 8.28. The zero-order valence-corrected chi connectivity index (χ0v) is 27.1. The number of nitrogens with zero attached hydrogens (tertiary/aromatic N) is 2. The van der Waals surface area contributed by atoms with Gasteiger partial charge in [0, 0.05) is 10.9 Å². The highest BCUT2D eigenvalue weighted by molar-refractivity contribution is 6.30. The van der Waals surface area contributed by atoms with Crippen LogP contribution in [0.4, 0.5) is 14.9 Å². The number of phenols is 1. The molecular formula is C36H31ClFN3O8. The molecule has 3 aromatic carbocycles. The highest BCUT2D eigenvalue weighted by atomic mass is 35.5. The summed E-state index contributed by atoms with van der Waals surface area (Å²) in [6, 6.07) is 16.5. The number of hydrazine groups is 1. The summed E-state index contributed by atoms with van der Waals surface area (Å²) < 4.78 is 24.3. The van der Waals surface area contributed by atoms with Gasteiger partial charge in [-0.05, 0) is 85.3 Å². The lowest BCUT2D eigenvalue weighted by Gasteiger charge is -2.50. The predicted molar refractivity (Wildman–Crippen MR) is 173 cm³/mol. The Morgan fingerprint density at radius 1 is 1.00 bits per heavy atom. The molecule has 11 nitrogen and oxygen atoms in total. The molecule has 2 aliphatic carbocycles. The molecule has 2 aliphatic heterocycles. The number of carbonyl (C=O) groups excluding carboxylic acids is 5. The van der Waals surface area contributed by atoms with Gasteiger partial charge < -0.3 is 14.6 Å². The summed E-state index contributed by atoms with van der Waals surface area (Å²) in [4.78, 5) is 70.2. The van der Waals surface area contributed by atoms with Crippen LogP contribution >= 0.6 is 11.6 Å². The number of rotatable bonds is 6. The first-order valence-corrected chi connectivity index (χ1v) is 16.2. The lowest BCUT2D eigenvalue weighted by Crippen LogP contribution is -2.53. The largest absolute Gasteiger partial charge is 0.504 e. The van der Waals surface area contributed by atoms with E-state index >= 15 is 4.79 Å². The number of likely N-dealkylation sites (tertiary alicyclic amines) is 1. The zero-order chi connectivity index (χ0) is 34.8. The number of carbonyl (C=O) groups is 5. The fourth-order valence-corrected chi connectivity index (χ4v) is 8.41. The summed E-state index contributed by atoms with van der Waals surface area (Å²) >= 11 is 6.31. The van der Waals surface area contributed by atoms with Crippen LogP contribution in [0.25, 0.3) is 0 Å². The average molecular weight is 688 g/mol. The van der Waals surface area contributed by atoms with E-state index in [1.807, 2.05) is 6.08 Å². The van der Waals surface area contributed by atoms with Crippen molar-refractivity contribution in [1.82, 2.24) is 9.91 Å². The second kappa shape index (κ2) is 12.0. The number of fused-ring (bicyclic) bond motifs is 4. The monoisotopic (exact) mass is 687 g/mol. The summed E-state index contributed by atoms with van der Waals surface area (Å²) in [5.74, 6) is -7.68. The third-order valence-electron chi connectivity index (χ3n) is 10.2. The summed E-state index contributed by atoms with van der Waals surface area (Å²) in [5, 5.41) is 12.0. The number of nitrogens with one attached hydrogen (secondary N) is 1. The molecular weight excluding hydrogens is 657 g/mol. The van der Waals surface area contributed by atoms with E-state index in [0.717, 1.165) is 12.1 Å². The van der Waals surface area contributed by atoms with E-state index in [-0.39, 0.29) is 36.6 Å². The van der Waals surface area contributed by atoms with E-state index in [9.17, 15) is 28.7 Å². The van der Waals surface area contributed by atoms with E-state index in [0.29, 0.717) is 26.6 Å². The Labute approximate surface area is 285 Å². The van der Waals surface area contributed by atoms with E-state index < -0.39 is 70.5 Å². The molecule has 0 bridgehead atoms. The van der Waals surface area contributed by atoms with Crippen LogP contribution in [-0.2, 0) is 29.3 Å². The first-order chi connectivity index (χ1) is 23.5. The number of benzene rings is 3. The summed E-state index contributed by atoms with van der Waals surface area (Å²) in [5.41, 5.74) is 3.19. The SMILES string of the molecule is CCOc1cc(C2C3=CCC4C(=O)N(C(=O)OC)C(=O)C4C3CC3C(=O)N(Nc4ccc(F)cc4)C(=O)C32c2ccc(Cl)cc2)ccc1O. The second-order valence-corrected chi connectivity index (χ2v) is 13.0. The van der Waals surface area contributed by atoms with Gasteiger partial charge in [-0.15, -0.1) is 0 Å². The van der Waals surface area contributed by atoms with Gasteiger partial charge in [0.1, 0.15) is 5.82 Å². The standard InChI is InChI=1S/C36H31ClFN3O8/c1-3-49-28-16-18(4-15-27(28)42)30-23-13-14-24-29(33(45)40(31(24)43)35(47)48-2)25(23)17-26-32(44)41(39-22-11-9-21(38)10-12-22)34(46)36(26,30)19-5-7-20(37)8-6-19/h4-13,15-16,24-26,29-30,39,42H,3,14,17H2,1-2H3. The maximum Gasteiger partial charge on any atom is 0.423 e. The molecule has 4 aliphatic rings. The highest BCUT2D eigenvalue weighted by Crippen LogP contribution is 2.64. The maximum atomic E-state index is 15.1. The molecule has 3 aromatic rings. The maximum absolute atomic E-state index is 15.1. The number of halogens is 2. The number of phenolic OH excluding ortho intramolecular Hbond substituents is 1. The van der Waals surface area contributed by atoms with Crippen LogP contribution in [-0.4, -0.2) is 58.5 Å². The van der Waals surface area contributed by atoms with Crippen LogP contribution in [0.2, 0.25) is 5.02 Å². The van der Waals surface area contributed by atoms with Crippen molar-refractivity contribution in [2.24, 2.45) is 23.7 Å². The van der Waals surface area contributed by atoms with Gasteiger partial charge in [0.25, 0.3) is 11.8 Å². The van der Waals surface area contributed by atoms with Gasteiger partial charge in [-0.3, -0.25) is 24.6 Å². The Bertz CT molecular complexity index is 1930. The average Bonchev–Trinajstić information content (AvgIpc) is 3.47. The summed E-state index contributed by atoms with van der Waals surface area (Å²) in [7, 11) is 1.08. The molecule has 1 saturated carbocycles. The minimum absolute atomic E-state index is 0.0112. The van der Waals surface area contributed by atoms with Gasteiger partial charge in [-0.25, -0.2) is 9.18 Å². The van der Waals surface area contributed by atoms with E-state index in [1.165, 1.54) is 30.3 Å². The molecule has 6 atom stereocenters. The Morgan fingerprint density at radius 2 is 1.71 bits per heavy atom. The molecule has 2 saturated heterocycles. The zero-order valence-electron chi connectivity index (χ0n) is 26.4. The normalized spacial score (nSPS) is 27.3. The van der Waals surface area contributed by atoms with Crippen molar-refractivity contribution in [2.45, 2.75) is 31.1 Å². The van der Waals surface area contributed by atoms with Crippen LogP contribution in [0.1, 0.15) is 36.8 Å². The van der Waals surface area contributed by atoms with Gasteiger partial charge in [0.15, 0.2) is 11.5 Å². The Morgan fingerprint density at radius 3 is 2.39 bits per heavy atom. The van der Waals surface area contributed by atoms with Gasteiger partial charge in [0.05, 0.1) is 42.6 Å². The first-order valence-electron chi connectivity index (χ1n) is 15.8. The van der Waals surface area contributed by atoms with E-state index in [2.05, 4.69) is 5.43 Å². The van der Waals surface area contributed by atoms with Crippen LogP contribution in [0.3, 0.4) is 0 Å². The Kier molecular flexibility index (Phi) is 7.93. The number of ether oxygens (including phenoxy) is 2. The topological polar surface area (TPSA) is 143 Å². The van der Waals surface area contributed by atoms with Crippen LogP contribution in [0.5, 0.6) is 11.5 Å². The van der Waals surface area contributed by atoms with Crippen molar-refractivity contribution >= 4 is 47.0 Å². The van der Waals surface area contributed by atoms with Crippen molar-refractivity contribution < 1.29 is 42.9 Å². The number of hydrogen-bond acceptors (Lipinski definition) is 9. The molecule has 13 heteroatoms. The Balaban J connectivity index is 1.46. The molecule has 5 amide bonds. The lowest BCUT2D eigenvalue weighted by atomic mass is 9.49. The van der Waals surface area contributed by atoms with Crippen molar-refractivity contribution in [1.29, 1.82) is 0 Å². The van der Waals surface area contributed by atoms with Crippen LogP contribution < -0.4 is 10.2 Å². The number of methoxy groups -OCH3 is 1. The number of hydrogen-bond donors (Lipinski definition) is 2. The number of allylic oxidation sites excluding steroid dienone is 2. The smallest absolute Gasteiger partial charge is 0.423 e. The van der Waals surface area contributed by atoms with Crippen LogP contribution in [0, 0.1) is 29.5 Å². The summed E-state index contributed by atoms with van der Waals surface area (Å²) in [6.45, 7) is 1.99. The summed E-state index contributed by atoms with van der Waals surface area (Å²) in [6.07, 6.45) is 0.832. The quantitative estimate of drug-likeness (QED) is 0.260. The van der Waals surface area contributed by atoms with E-state index in [1.54, 1.807) is 43.3 Å². The number of amides is 5. The molecule has 0 radical (unpaired) electrons. The molecule has 2 heterocycles. The Hall–Kier alpha value is -5.23.